The van der Waals surface area contributed by atoms with Gasteiger partial charge in [0.2, 0.25) is 0 Å². The Bertz CT molecular complexity index is 1000. The predicted molar refractivity (Wildman–Crippen MR) is 105 cm³/mol. The van der Waals surface area contributed by atoms with Gasteiger partial charge in [0.05, 0.1) is 17.4 Å². The van der Waals surface area contributed by atoms with E-state index in [1.54, 1.807) is 10.9 Å². The van der Waals surface area contributed by atoms with E-state index in [0.717, 1.165) is 16.6 Å². The second-order valence-corrected chi connectivity index (χ2v) is 6.33. The summed E-state index contributed by atoms with van der Waals surface area (Å²) in [6.45, 7) is 1.56. The number of nitrogens with one attached hydrogen (secondary N) is 3. The van der Waals surface area contributed by atoms with Gasteiger partial charge in [0, 0.05) is 0 Å². The van der Waals surface area contributed by atoms with Gasteiger partial charge in [-0.3, -0.25) is 20.4 Å². The summed E-state index contributed by atoms with van der Waals surface area (Å²) in [4.78, 5) is 40.1. The number of carbonyl (C=O) groups is 3. The first-order valence-electron chi connectivity index (χ1n) is 8.98. The Hall–Kier alpha value is -3.88. The standard InChI is InChI=1S/C20H21N5O4/c1-14(22-20(28)29-12-15-7-3-2-4-8-15)19(27)24-23-18(26)11-25-13-21-16-9-5-6-10-17(16)25/h2-10,13-14H,11-12H2,1H3,(H,22,28)(H,23,26)(H,24,27)/t14-/m1/s1. The molecule has 0 unspecified atom stereocenters. The Labute approximate surface area is 167 Å². The van der Waals surface area contributed by atoms with Gasteiger partial charge in [0.1, 0.15) is 19.2 Å². The van der Waals surface area contributed by atoms with E-state index in [2.05, 4.69) is 21.2 Å². The van der Waals surface area contributed by atoms with Crippen LogP contribution in [0.1, 0.15) is 12.5 Å². The summed E-state index contributed by atoms with van der Waals surface area (Å²) >= 11 is 0. The van der Waals surface area contributed by atoms with Gasteiger partial charge in [0.15, 0.2) is 0 Å². The third-order valence-electron chi connectivity index (χ3n) is 4.11. The summed E-state index contributed by atoms with van der Waals surface area (Å²) < 4.78 is 6.72. The zero-order chi connectivity index (χ0) is 20.6. The van der Waals surface area contributed by atoms with Gasteiger partial charge in [-0.15, -0.1) is 0 Å². The highest BCUT2D eigenvalue weighted by molar-refractivity contribution is 5.87. The zero-order valence-corrected chi connectivity index (χ0v) is 15.8. The molecule has 3 N–H and O–H groups in total. The summed E-state index contributed by atoms with van der Waals surface area (Å²) in [6.07, 6.45) is 0.826. The Morgan fingerprint density at radius 2 is 1.76 bits per heavy atom. The molecule has 3 amide bonds. The number of nitrogens with zero attached hydrogens (tertiary/aromatic N) is 2. The monoisotopic (exact) mass is 395 g/mol. The molecule has 1 atom stereocenters. The van der Waals surface area contributed by atoms with E-state index in [4.69, 9.17) is 4.74 Å². The normalized spacial score (nSPS) is 11.5. The van der Waals surface area contributed by atoms with Gasteiger partial charge < -0.3 is 14.6 Å². The van der Waals surface area contributed by atoms with Crippen molar-refractivity contribution in [3.05, 3.63) is 66.5 Å². The highest BCUT2D eigenvalue weighted by Crippen LogP contribution is 2.11. The molecule has 0 aliphatic carbocycles. The van der Waals surface area contributed by atoms with E-state index >= 15 is 0 Å². The van der Waals surface area contributed by atoms with E-state index in [1.807, 2.05) is 54.6 Å². The lowest BCUT2D eigenvalue weighted by Crippen LogP contribution is -2.51. The van der Waals surface area contributed by atoms with Crippen LogP contribution < -0.4 is 16.2 Å². The molecule has 3 aromatic rings. The predicted octanol–water partition coefficient (Wildman–Crippen LogP) is 1.50. The number of hydrogen-bond acceptors (Lipinski definition) is 5. The fraction of sp³-hybridized carbons (Fsp3) is 0.200. The maximum atomic E-state index is 12.1. The van der Waals surface area contributed by atoms with Crippen molar-refractivity contribution in [2.24, 2.45) is 0 Å². The van der Waals surface area contributed by atoms with Crippen molar-refractivity contribution in [1.82, 2.24) is 25.7 Å². The molecule has 0 radical (unpaired) electrons. The Morgan fingerprint density at radius 1 is 1.03 bits per heavy atom. The Morgan fingerprint density at radius 3 is 2.55 bits per heavy atom. The molecule has 0 spiro atoms. The van der Waals surface area contributed by atoms with Crippen LogP contribution in [0.25, 0.3) is 11.0 Å². The van der Waals surface area contributed by atoms with Crippen LogP contribution in [0.3, 0.4) is 0 Å². The molecule has 0 saturated heterocycles. The number of carbonyl (C=O) groups excluding carboxylic acids is 3. The maximum absolute atomic E-state index is 12.1. The lowest BCUT2D eigenvalue weighted by molar-refractivity contribution is -0.130. The third-order valence-corrected chi connectivity index (χ3v) is 4.11. The molecule has 9 nitrogen and oxygen atoms in total. The summed E-state index contributed by atoms with van der Waals surface area (Å²) in [5, 5.41) is 2.40. The average molecular weight is 395 g/mol. The molecule has 3 rings (SSSR count). The number of rotatable bonds is 6. The molecule has 0 aliphatic heterocycles. The minimum atomic E-state index is -0.896. The highest BCUT2D eigenvalue weighted by atomic mass is 16.5. The molecular formula is C20H21N5O4. The number of amides is 3. The molecule has 0 aliphatic rings. The molecule has 0 bridgehead atoms. The van der Waals surface area contributed by atoms with Gasteiger partial charge in [-0.2, -0.15) is 0 Å². The number of aromatic nitrogens is 2. The molecule has 1 heterocycles. The van der Waals surface area contributed by atoms with Crippen molar-refractivity contribution in [1.29, 1.82) is 0 Å². The quantitative estimate of drug-likeness (QED) is 0.547. The number of hydrazine groups is 1. The van der Waals surface area contributed by atoms with Crippen LogP contribution in [0.4, 0.5) is 4.79 Å². The second-order valence-electron chi connectivity index (χ2n) is 6.33. The second kappa shape index (κ2) is 9.36. The van der Waals surface area contributed by atoms with Crippen LogP contribution in [0.5, 0.6) is 0 Å². The first-order chi connectivity index (χ1) is 14.0. The molecule has 0 saturated carbocycles. The molecule has 2 aromatic carbocycles. The maximum Gasteiger partial charge on any atom is 0.408 e. The van der Waals surface area contributed by atoms with E-state index in [0.29, 0.717) is 0 Å². The summed E-state index contributed by atoms with van der Waals surface area (Å²) in [5.41, 5.74) is 7.01. The highest BCUT2D eigenvalue weighted by Gasteiger charge is 2.17. The van der Waals surface area contributed by atoms with Crippen molar-refractivity contribution in [2.75, 3.05) is 0 Å². The van der Waals surface area contributed by atoms with Gasteiger partial charge in [-0.05, 0) is 24.6 Å². The Kier molecular flexibility index (Phi) is 6.41. The fourth-order valence-electron chi connectivity index (χ4n) is 2.58. The third kappa shape index (κ3) is 5.55. The van der Waals surface area contributed by atoms with Crippen LogP contribution in [-0.4, -0.2) is 33.5 Å². The zero-order valence-electron chi connectivity index (χ0n) is 15.8. The molecule has 0 fully saturated rings. The van der Waals surface area contributed by atoms with Gasteiger partial charge in [-0.25, -0.2) is 9.78 Å². The smallest absolute Gasteiger partial charge is 0.408 e. The Balaban J connectivity index is 1.41. The molecular weight excluding hydrogens is 374 g/mol. The number of alkyl carbamates (subject to hydrolysis) is 1. The summed E-state index contributed by atoms with van der Waals surface area (Å²) in [6, 6.07) is 15.7. The average Bonchev–Trinajstić information content (AvgIpc) is 3.14. The number of hydrogen-bond donors (Lipinski definition) is 3. The van der Waals surface area contributed by atoms with Gasteiger partial charge in [-0.1, -0.05) is 42.5 Å². The van der Waals surface area contributed by atoms with E-state index < -0.39 is 23.9 Å². The van der Waals surface area contributed by atoms with E-state index in [-0.39, 0.29) is 13.2 Å². The lowest BCUT2D eigenvalue weighted by Gasteiger charge is -2.15. The minimum Gasteiger partial charge on any atom is -0.445 e. The number of ether oxygens (including phenoxy) is 1. The summed E-state index contributed by atoms with van der Waals surface area (Å²) in [7, 11) is 0. The van der Waals surface area contributed by atoms with E-state index in [1.165, 1.54) is 6.92 Å². The van der Waals surface area contributed by atoms with Crippen molar-refractivity contribution in [3.8, 4) is 0 Å². The van der Waals surface area contributed by atoms with Crippen molar-refractivity contribution in [3.63, 3.8) is 0 Å². The molecule has 150 valence electrons. The van der Waals surface area contributed by atoms with Crippen LogP contribution in [-0.2, 0) is 27.5 Å². The first kappa shape index (κ1) is 19.9. The van der Waals surface area contributed by atoms with Crippen LogP contribution in [0.15, 0.2) is 60.9 Å². The SMILES string of the molecule is C[C@@H](NC(=O)OCc1ccccc1)C(=O)NNC(=O)Cn1cnc2ccccc21. The largest absolute Gasteiger partial charge is 0.445 e. The van der Waals surface area contributed by atoms with Crippen molar-refractivity contribution in [2.45, 2.75) is 26.1 Å². The number of benzene rings is 2. The van der Waals surface area contributed by atoms with Crippen LogP contribution in [0.2, 0.25) is 0 Å². The number of fused-ring (bicyclic) bond motifs is 1. The van der Waals surface area contributed by atoms with Crippen molar-refractivity contribution >= 4 is 28.9 Å². The van der Waals surface area contributed by atoms with Crippen LogP contribution in [0, 0.1) is 0 Å². The first-order valence-corrected chi connectivity index (χ1v) is 8.98. The molecule has 9 heteroatoms. The number of imidazole rings is 1. The minimum absolute atomic E-state index is 0.0122. The lowest BCUT2D eigenvalue weighted by atomic mass is 10.2. The van der Waals surface area contributed by atoms with E-state index in [9.17, 15) is 14.4 Å². The summed E-state index contributed by atoms with van der Waals surface area (Å²) in [5.74, 6) is -1.01. The van der Waals surface area contributed by atoms with Crippen LogP contribution >= 0.6 is 0 Å². The van der Waals surface area contributed by atoms with Gasteiger partial charge >= 0.3 is 6.09 Å². The molecule has 1 aromatic heterocycles. The topological polar surface area (TPSA) is 114 Å². The van der Waals surface area contributed by atoms with Gasteiger partial charge in [0.25, 0.3) is 11.8 Å². The van der Waals surface area contributed by atoms with Crippen molar-refractivity contribution < 1.29 is 19.1 Å². The molecule has 29 heavy (non-hydrogen) atoms. The number of para-hydroxylation sites is 2. The fourth-order valence-corrected chi connectivity index (χ4v) is 2.58.